The molecule has 3 rings (SSSR count). The van der Waals surface area contributed by atoms with E-state index in [1.54, 1.807) is 10.9 Å². The maximum atomic E-state index is 13.0. The van der Waals surface area contributed by atoms with Crippen LogP contribution < -0.4 is 10.6 Å². The number of aromatic nitrogens is 2. The van der Waals surface area contributed by atoms with Gasteiger partial charge in [0, 0.05) is 18.7 Å². The van der Waals surface area contributed by atoms with Gasteiger partial charge in [-0.15, -0.1) is 0 Å². The Morgan fingerprint density at radius 2 is 1.96 bits per heavy atom. The molecule has 2 aromatic rings. The van der Waals surface area contributed by atoms with Gasteiger partial charge in [-0.3, -0.25) is 14.3 Å². The molecule has 0 saturated carbocycles. The summed E-state index contributed by atoms with van der Waals surface area (Å²) in [7, 11) is 1.81. The molecule has 142 valence electrons. The van der Waals surface area contributed by atoms with E-state index in [-0.39, 0.29) is 29.3 Å². The third-order valence-electron chi connectivity index (χ3n) is 4.82. The minimum Gasteiger partial charge on any atom is -0.346 e. The molecule has 0 spiro atoms. The van der Waals surface area contributed by atoms with Gasteiger partial charge >= 0.3 is 0 Å². The number of fused-ring (bicyclic) bond motifs is 1. The maximum absolute atomic E-state index is 13.0. The fourth-order valence-corrected chi connectivity index (χ4v) is 3.57. The third-order valence-corrected chi connectivity index (χ3v) is 4.82. The number of carbonyl (C=O) groups is 2. The van der Waals surface area contributed by atoms with E-state index in [1.165, 1.54) is 6.08 Å². The number of rotatable bonds is 4. The van der Waals surface area contributed by atoms with E-state index in [0.29, 0.717) is 12.0 Å². The summed E-state index contributed by atoms with van der Waals surface area (Å²) in [6.07, 6.45) is 3.66. The Morgan fingerprint density at radius 3 is 2.63 bits per heavy atom. The quantitative estimate of drug-likeness (QED) is 0.816. The van der Waals surface area contributed by atoms with Gasteiger partial charge in [0.1, 0.15) is 0 Å². The Morgan fingerprint density at radius 1 is 1.26 bits per heavy atom. The Hall–Kier alpha value is -2.89. The lowest BCUT2D eigenvalue weighted by molar-refractivity contribution is -0.117. The van der Waals surface area contributed by atoms with Crippen molar-refractivity contribution in [1.29, 1.82) is 0 Å². The molecule has 2 atom stereocenters. The SMILES string of the molecule is C=CC(=O)N[C@@H]1c2ccccc2C[C@H]1NC(=O)c1cn(C)nc1C(C)(C)C. The van der Waals surface area contributed by atoms with Crippen molar-refractivity contribution in [3.05, 3.63) is 65.5 Å². The summed E-state index contributed by atoms with van der Waals surface area (Å²) in [5.74, 6) is -0.434. The monoisotopic (exact) mass is 366 g/mol. The summed E-state index contributed by atoms with van der Waals surface area (Å²) < 4.78 is 1.66. The molecule has 2 N–H and O–H groups in total. The number of nitrogens with zero attached hydrogens (tertiary/aromatic N) is 2. The van der Waals surface area contributed by atoms with Crippen LogP contribution in [0.5, 0.6) is 0 Å². The minimum absolute atomic E-state index is 0.177. The molecule has 1 heterocycles. The molecule has 6 nitrogen and oxygen atoms in total. The zero-order valence-electron chi connectivity index (χ0n) is 16.2. The second kappa shape index (κ2) is 7.02. The van der Waals surface area contributed by atoms with Crippen LogP contribution in [0.3, 0.4) is 0 Å². The zero-order chi connectivity index (χ0) is 19.8. The van der Waals surface area contributed by atoms with Gasteiger partial charge in [0.15, 0.2) is 0 Å². The van der Waals surface area contributed by atoms with Crippen molar-refractivity contribution < 1.29 is 9.59 Å². The molecule has 0 aliphatic heterocycles. The molecule has 27 heavy (non-hydrogen) atoms. The number of hydrogen-bond donors (Lipinski definition) is 2. The first kappa shape index (κ1) is 18.9. The lowest BCUT2D eigenvalue weighted by Crippen LogP contribution is -2.44. The summed E-state index contributed by atoms with van der Waals surface area (Å²) in [4.78, 5) is 24.9. The molecule has 6 heteroatoms. The van der Waals surface area contributed by atoms with Crippen molar-refractivity contribution in [2.24, 2.45) is 7.05 Å². The van der Waals surface area contributed by atoms with E-state index in [0.717, 1.165) is 16.8 Å². The van der Waals surface area contributed by atoms with E-state index >= 15 is 0 Å². The van der Waals surface area contributed by atoms with Gasteiger partial charge in [-0.2, -0.15) is 5.10 Å². The average Bonchev–Trinajstić information content (AvgIpc) is 3.16. The Balaban J connectivity index is 1.87. The minimum atomic E-state index is -0.287. The number of carbonyl (C=O) groups excluding carboxylic acids is 2. The van der Waals surface area contributed by atoms with Crippen LogP contribution in [0, 0.1) is 0 Å². The van der Waals surface area contributed by atoms with Crippen LogP contribution in [-0.2, 0) is 23.7 Å². The smallest absolute Gasteiger partial charge is 0.255 e. The molecule has 0 radical (unpaired) electrons. The molecule has 2 amide bonds. The van der Waals surface area contributed by atoms with Crippen molar-refractivity contribution in [3.63, 3.8) is 0 Å². The van der Waals surface area contributed by atoms with Gasteiger partial charge in [-0.05, 0) is 23.6 Å². The summed E-state index contributed by atoms with van der Waals surface area (Å²) in [5.41, 5.74) is 3.22. The average molecular weight is 366 g/mol. The third kappa shape index (κ3) is 3.79. The predicted octanol–water partition coefficient (Wildman–Crippen LogP) is 2.42. The summed E-state index contributed by atoms with van der Waals surface area (Å²) in [5, 5.41) is 10.5. The molecule has 0 bridgehead atoms. The highest BCUT2D eigenvalue weighted by Gasteiger charge is 2.35. The fourth-order valence-electron chi connectivity index (χ4n) is 3.57. The van der Waals surface area contributed by atoms with Crippen molar-refractivity contribution in [3.8, 4) is 0 Å². The largest absolute Gasteiger partial charge is 0.346 e. The van der Waals surface area contributed by atoms with E-state index in [4.69, 9.17) is 0 Å². The molecule has 1 aromatic carbocycles. The lowest BCUT2D eigenvalue weighted by Gasteiger charge is -2.23. The Bertz CT molecular complexity index is 892. The molecule has 1 aliphatic carbocycles. The molecule has 0 fully saturated rings. The highest BCUT2D eigenvalue weighted by atomic mass is 16.2. The maximum Gasteiger partial charge on any atom is 0.255 e. The van der Waals surface area contributed by atoms with Crippen molar-refractivity contribution in [2.45, 2.75) is 44.7 Å². The normalized spacial score (nSPS) is 18.7. The summed E-state index contributed by atoms with van der Waals surface area (Å²) in [6.45, 7) is 9.62. The first-order valence-corrected chi connectivity index (χ1v) is 9.06. The highest BCUT2D eigenvalue weighted by molar-refractivity contribution is 5.96. The molecule has 1 aliphatic rings. The number of benzene rings is 1. The van der Waals surface area contributed by atoms with Gasteiger partial charge in [0.05, 0.1) is 23.3 Å². The van der Waals surface area contributed by atoms with Crippen molar-refractivity contribution >= 4 is 11.8 Å². The van der Waals surface area contributed by atoms with Crippen LogP contribution in [0.2, 0.25) is 0 Å². The summed E-state index contributed by atoms with van der Waals surface area (Å²) in [6, 6.07) is 7.40. The molecule has 1 aromatic heterocycles. The number of nitrogens with one attached hydrogen (secondary N) is 2. The molecular weight excluding hydrogens is 340 g/mol. The van der Waals surface area contributed by atoms with Crippen LogP contribution in [0.1, 0.15) is 54.0 Å². The van der Waals surface area contributed by atoms with Crippen LogP contribution in [0.15, 0.2) is 43.1 Å². The number of hydrogen-bond acceptors (Lipinski definition) is 3. The highest BCUT2D eigenvalue weighted by Crippen LogP contribution is 2.32. The first-order chi connectivity index (χ1) is 12.7. The van der Waals surface area contributed by atoms with Gasteiger partial charge in [0.25, 0.3) is 5.91 Å². The van der Waals surface area contributed by atoms with E-state index in [2.05, 4.69) is 22.3 Å². The van der Waals surface area contributed by atoms with Crippen LogP contribution >= 0.6 is 0 Å². The van der Waals surface area contributed by atoms with E-state index < -0.39 is 0 Å². The Kier molecular flexibility index (Phi) is 4.91. The van der Waals surface area contributed by atoms with Crippen LogP contribution in [-0.4, -0.2) is 27.6 Å². The van der Waals surface area contributed by atoms with E-state index in [9.17, 15) is 9.59 Å². The zero-order valence-corrected chi connectivity index (χ0v) is 16.2. The van der Waals surface area contributed by atoms with Gasteiger partial charge in [-0.25, -0.2) is 0 Å². The Labute approximate surface area is 159 Å². The van der Waals surface area contributed by atoms with Gasteiger partial charge in [-0.1, -0.05) is 51.6 Å². The van der Waals surface area contributed by atoms with Crippen molar-refractivity contribution in [2.75, 3.05) is 0 Å². The van der Waals surface area contributed by atoms with E-state index in [1.807, 2.05) is 52.1 Å². The number of amides is 2. The van der Waals surface area contributed by atoms with Crippen LogP contribution in [0.25, 0.3) is 0 Å². The predicted molar refractivity (Wildman–Crippen MR) is 104 cm³/mol. The van der Waals surface area contributed by atoms with Gasteiger partial charge < -0.3 is 10.6 Å². The van der Waals surface area contributed by atoms with Crippen LogP contribution in [0.4, 0.5) is 0 Å². The molecule has 0 saturated heterocycles. The van der Waals surface area contributed by atoms with Crippen molar-refractivity contribution in [1.82, 2.24) is 20.4 Å². The van der Waals surface area contributed by atoms with Gasteiger partial charge in [0.2, 0.25) is 5.91 Å². The molecule has 0 unspecified atom stereocenters. The number of aryl methyl sites for hydroxylation is 1. The second-order valence-electron chi connectivity index (χ2n) is 7.99. The lowest BCUT2D eigenvalue weighted by atomic mass is 9.89. The topological polar surface area (TPSA) is 76.0 Å². The fraction of sp³-hybridized carbons (Fsp3) is 0.381. The summed E-state index contributed by atoms with van der Waals surface area (Å²) >= 11 is 0. The second-order valence-corrected chi connectivity index (χ2v) is 7.99. The standard InChI is InChI=1S/C21H26N4O2/c1-6-17(26)23-18-14-10-8-7-9-13(14)11-16(18)22-20(27)15-12-25(5)24-19(15)21(2,3)4/h6-10,12,16,18H,1,11H2,2-5H3,(H,22,27)(H,23,26)/t16-,18-/m1/s1. The first-order valence-electron chi connectivity index (χ1n) is 9.06. The molecular formula is C21H26N4O2.